The molecule has 3 aromatic rings. The third-order valence-corrected chi connectivity index (χ3v) is 3.71. The minimum absolute atomic E-state index is 0.141. The minimum atomic E-state index is -0.141. The number of aromatic nitrogens is 1. The van der Waals surface area contributed by atoms with Gasteiger partial charge in [0.25, 0.3) is 0 Å². The molecule has 100 valence electrons. The SMILES string of the molecule is N#Cc1ccc(C(=O)c2c[nH]ccc2=S)c2ccccc12. The molecule has 0 fully saturated rings. The highest BCUT2D eigenvalue weighted by atomic mass is 32.1. The summed E-state index contributed by atoms with van der Waals surface area (Å²) in [6.45, 7) is 0. The molecule has 0 aliphatic rings. The number of ketones is 1. The standard InChI is InChI=1S/C17H10N2OS/c18-9-11-5-6-14(13-4-2-1-3-12(11)13)17(20)15-10-19-8-7-16(15)21/h1-8,10H,(H,19,21). The van der Waals surface area contributed by atoms with Crippen LogP contribution in [0.3, 0.4) is 0 Å². The highest BCUT2D eigenvalue weighted by molar-refractivity contribution is 7.71. The summed E-state index contributed by atoms with van der Waals surface area (Å²) in [5.74, 6) is -0.141. The second-order valence-corrected chi connectivity index (χ2v) is 5.01. The summed E-state index contributed by atoms with van der Waals surface area (Å²) in [6.07, 6.45) is 3.30. The van der Waals surface area contributed by atoms with Gasteiger partial charge in [-0.1, -0.05) is 36.5 Å². The van der Waals surface area contributed by atoms with Gasteiger partial charge in [-0.15, -0.1) is 0 Å². The lowest BCUT2D eigenvalue weighted by Gasteiger charge is -2.07. The first-order valence-corrected chi connectivity index (χ1v) is 6.77. The highest BCUT2D eigenvalue weighted by Gasteiger charge is 2.15. The van der Waals surface area contributed by atoms with Crippen molar-refractivity contribution in [3.8, 4) is 6.07 Å². The molecule has 0 aliphatic carbocycles. The molecule has 0 atom stereocenters. The van der Waals surface area contributed by atoms with Crippen LogP contribution in [0, 0.1) is 15.8 Å². The molecule has 21 heavy (non-hydrogen) atoms. The van der Waals surface area contributed by atoms with E-state index in [4.69, 9.17) is 17.5 Å². The van der Waals surface area contributed by atoms with Crippen LogP contribution < -0.4 is 0 Å². The summed E-state index contributed by atoms with van der Waals surface area (Å²) in [4.78, 5) is 15.6. The van der Waals surface area contributed by atoms with Crippen LogP contribution in [0.4, 0.5) is 0 Å². The summed E-state index contributed by atoms with van der Waals surface area (Å²) in [5, 5.41) is 10.7. The van der Waals surface area contributed by atoms with Crippen molar-refractivity contribution in [2.24, 2.45) is 0 Å². The van der Waals surface area contributed by atoms with Gasteiger partial charge in [-0.25, -0.2) is 0 Å². The van der Waals surface area contributed by atoms with Crippen LogP contribution in [0.25, 0.3) is 10.8 Å². The highest BCUT2D eigenvalue weighted by Crippen LogP contribution is 2.24. The summed E-state index contributed by atoms with van der Waals surface area (Å²) < 4.78 is 0.507. The van der Waals surface area contributed by atoms with Gasteiger partial charge in [0.05, 0.1) is 21.7 Å². The van der Waals surface area contributed by atoms with Gasteiger partial charge in [0, 0.05) is 23.3 Å². The molecule has 0 saturated heterocycles. The summed E-state index contributed by atoms with van der Waals surface area (Å²) in [7, 11) is 0. The molecule has 0 amide bonds. The molecule has 4 heteroatoms. The number of rotatable bonds is 2. The van der Waals surface area contributed by atoms with E-state index in [1.807, 2.05) is 24.3 Å². The molecule has 0 spiro atoms. The lowest BCUT2D eigenvalue weighted by atomic mass is 9.95. The fourth-order valence-electron chi connectivity index (χ4n) is 2.33. The predicted molar refractivity (Wildman–Crippen MR) is 83.7 cm³/mol. The molecule has 1 aromatic heterocycles. The first kappa shape index (κ1) is 13.2. The van der Waals surface area contributed by atoms with Gasteiger partial charge in [-0.2, -0.15) is 5.26 Å². The molecular weight excluding hydrogens is 280 g/mol. The number of H-pyrrole nitrogens is 1. The van der Waals surface area contributed by atoms with Crippen LogP contribution >= 0.6 is 12.2 Å². The smallest absolute Gasteiger partial charge is 0.196 e. The van der Waals surface area contributed by atoms with Crippen molar-refractivity contribution in [2.75, 3.05) is 0 Å². The van der Waals surface area contributed by atoms with Gasteiger partial charge in [0.2, 0.25) is 0 Å². The van der Waals surface area contributed by atoms with Gasteiger partial charge in [-0.05, 0) is 23.6 Å². The Morgan fingerprint density at radius 2 is 1.81 bits per heavy atom. The zero-order chi connectivity index (χ0) is 14.8. The van der Waals surface area contributed by atoms with Gasteiger partial charge in [-0.3, -0.25) is 4.79 Å². The second-order valence-electron chi connectivity index (χ2n) is 4.57. The Morgan fingerprint density at radius 1 is 1.05 bits per heavy atom. The van der Waals surface area contributed by atoms with Crippen LogP contribution in [0.1, 0.15) is 21.5 Å². The van der Waals surface area contributed by atoms with Crippen molar-refractivity contribution in [2.45, 2.75) is 0 Å². The van der Waals surface area contributed by atoms with Crippen molar-refractivity contribution >= 4 is 28.8 Å². The van der Waals surface area contributed by atoms with Crippen molar-refractivity contribution in [1.29, 1.82) is 5.26 Å². The number of carbonyl (C=O) groups is 1. The number of nitrogens with one attached hydrogen (secondary N) is 1. The van der Waals surface area contributed by atoms with Crippen molar-refractivity contribution in [3.05, 3.63) is 76.1 Å². The summed E-state index contributed by atoms with van der Waals surface area (Å²) in [5.41, 5.74) is 1.57. The molecular formula is C17H10N2OS. The first-order valence-electron chi connectivity index (χ1n) is 6.36. The normalized spacial score (nSPS) is 10.2. The van der Waals surface area contributed by atoms with E-state index >= 15 is 0 Å². The van der Waals surface area contributed by atoms with Gasteiger partial charge >= 0.3 is 0 Å². The number of hydrogen-bond donors (Lipinski definition) is 1. The number of nitrogens with zero attached hydrogens (tertiary/aromatic N) is 1. The summed E-state index contributed by atoms with van der Waals surface area (Å²) >= 11 is 5.21. The average Bonchev–Trinajstić information content (AvgIpc) is 2.53. The molecule has 1 N–H and O–H groups in total. The largest absolute Gasteiger partial charge is 0.367 e. The van der Waals surface area contributed by atoms with Crippen molar-refractivity contribution < 1.29 is 4.79 Å². The van der Waals surface area contributed by atoms with Gasteiger partial charge in [0.1, 0.15) is 0 Å². The lowest BCUT2D eigenvalue weighted by Crippen LogP contribution is -2.04. The van der Waals surface area contributed by atoms with E-state index in [0.717, 1.165) is 10.8 Å². The monoisotopic (exact) mass is 290 g/mol. The van der Waals surface area contributed by atoms with Gasteiger partial charge in [0.15, 0.2) is 5.78 Å². The third-order valence-electron chi connectivity index (χ3n) is 3.36. The van der Waals surface area contributed by atoms with E-state index in [1.54, 1.807) is 30.6 Å². The summed E-state index contributed by atoms with van der Waals surface area (Å²) in [6, 6.07) is 14.6. The Hall–Kier alpha value is -2.77. The number of fused-ring (bicyclic) bond motifs is 1. The number of nitriles is 1. The quantitative estimate of drug-likeness (QED) is 0.573. The van der Waals surface area contributed by atoms with Crippen LogP contribution in [0.2, 0.25) is 0 Å². The molecule has 2 aromatic carbocycles. The molecule has 0 saturated carbocycles. The van der Waals surface area contributed by atoms with E-state index in [-0.39, 0.29) is 5.78 Å². The number of pyridine rings is 1. The molecule has 3 rings (SSSR count). The lowest BCUT2D eigenvalue weighted by molar-refractivity contribution is 0.103. The Morgan fingerprint density at radius 3 is 2.52 bits per heavy atom. The molecule has 0 unspecified atom stereocenters. The Bertz CT molecular complexity index is 951. The van der Waals surface area contributed by atoms with Crippen LogP contribution in [-0.2, 0) is 0 Å². The van der Waals surface area contributed by atoms with E-state index in [1.165, 1.54) is 0 Å². The Labute approximate surface area is 126 Å². The maximum absolute atomic E-state index is 12.7. The van der Waals surface area contributed by atoms with Crippen LogP contribution in [-0.4, -0.2) is 10.8 Å². The Kier molecular flexibility index (Phi) is 3.35. The van der Waals surface area contributed by atoms with Gasteiger partial charge < -0.3 is 4.98 Å². The maximum Gasteiger partial charge on any atom is 0.196 e. The number of aromatic amines is 1. The average molecular weight is 290 g/mol. The molecule has 0 radical (unpaired) electrons. The van der Waals surface area contributed by atoms with Crippen molar-refractivity contribution in [3.63, 3.8) is 0 Å². The molecule has 0 aliphatic heterocycles. The zero-order valence-corrected chi connectivity index (χ0v) is 11.8. The molecule has 0 bridgehead atoms. The topological polar surface area (TPSA) is 56.6 Å². The minimum Gasteiger partial charge on any atom is -0.367 e. The number of carbonyl (C=O) groups excluding carboxylic acids is 1. The number of hydrogen-bond acceptors (Lipinski definition) is 3. The van der Waals surface area contributed by atoms with Crippen LogP contribution in [0.15, 0.2) is 54.9 Å². The van der Waals surface area contributed by atoms with E-state index in [0.29, 0.717) is 21.2 Å². The molecule has 1 heterocycles. The number of benzene rings is 2. The van der Waals surface area contributed by atoms with E-state index in [9.17, 15) is 4.79 Å². The van der Waals surface area contributed by atoms with Crippen LogP contribution in [0.5, 0.6) is 0 Å². The third kappa shape index (κ3) is 2.24. The molecule has 3 nitrogen and oxygen atoms in total. The first-order chi connectivity index (χ1) is 10.2. The van der Waals surface area contributed by atoms with E-state index < -0.39 is 0 Å². The van der Waals surface area contributed by atoms with E-state index in [2.05, 4.69) is 11.1 Å². The fraction of sp³-hybridized carbons (Fsp3) is 0. The Balaban J connectivity index is 2.28. The maximum atomic E-state index is 12.7. The van der Waals surface area contributed by atoms with Crippen molar-refractivity contribution in [1.82, 2.24) is 4.98 Å². The predicted octanol–water partition coefficient (Wildman–Crippen LogP) is 4.00. The fourth-order valence-corrected chi connectivity index (χ4v) is 2.55. The zero-order valence-electron chi connectivity index (χ0n) is 11.0. The second kappa shape index (κ2) is 5.31.